The molecule has 1 unspecified atom stereocenters. The number of amides is 2. The van der Waals surface area contributed by atoms with Crippen molar-refractivity contribution in [1.82, 2.24) is 29.3 Å². The first kappa shape index (κ1) is 25.8. The molecule has 0 radical (unpaired) electrons. The molecule has 2 aliphatic rings. The Morgan fingerprint density at radius 2 is 1.82 bits per heavy atom. The van der Waals surface area contributed by atoms with Crippen LogP contribution in [0.1, 0.15) is 60.5 Å². The molecule has 2 aliphatic heterocycles. The maximum absolute atomic E-state index is 14.0. The van der Waals surface area contributed by atoms with Crippen molar-refractivity contribution >= 4 is 23.6 Å². The molecule has 2 aromatic heterocycles. The molecule has 0 bridgehead atoms. The summed E-state index contributed by atoms with van der Waals surface area (Å²) in [6.07, 6.45) is 2.25. The minimum absolute atomic E-state index is 0.0912. The van der Waals surface area contributed by atoms with Crippen LogP contribution in [0.15, 0.2) is 35.3 Å². The molecular formula is C26H29ClN6O5. The van der Waals surface area contributed by atoms with Crippen LogP contribution in [-0.4, -0.2) is 74.7 Å². The van der Waals surface area contributed by atoms with Gasteiger partial charge in [-0.3, -0.25) is 14.6 Å². The lowest BCUT2D eigenvalue weighted by molar-refractivity contribution is 0.0517. The van der Waals surface area contributed by atoms with E-state index in [2.05, 4.69) is 9.97 Å². The van der Waals surface area contributed by atoms with Crippen LogP contribution in [0.4, 0.5) is 4.79 Å². The maximum atomic E-state index is 14.0. The van der Waals surface area contributed by atoms with E-state index in [0.717, 1.165) is 5.56 Å². The van der Waals surface area contributed by atoms with E-state index >= 15 is 0 Å². The monoisotopic (exact) mass is 540 g/mol. The van der Waals surface area contributed by atoms with Gasteiger partial charge in [-0.1, -0.05) is 23.7 Å². The highest BCUT2D eigenvalue weighted by molar-refractivity contribution is 6.30. The molecular weight excluding hydrogens is 512 g/mol. The Morgan fingerprint density at radius 3 is 2.39 bits per heavy atom. The zero-order chi connectivity index (χ0) is 27.1. The zero-order valence-corrected chi connectivity index (χ0v) is 22.4. The minimum atomic E-state index is -0.446. The van der Waals surface area contributed by atoms with E-state index < -0.39 is 11.6 Å². The van der Waals surface area contributed by atoms with Crippen molar-refractivity contribution in [2.45, 2.75) is 44.8 Å². The number of aromatic nitrogens is 4. The Hall–Kier alpha value is -3.86. The molecule has 0 saturated carbocycles. The third-order valence-corrected chi connectivity index (χ3v) is 7.38. The molecule has 2 amide bonds. The third kappa shape index (κ3) is 4.30. The minimum Gasteiger partial charge on any atom is -0.468 e. The van der Waals surface area contributed by atoms with E-state index in [-0.39, 0.29) is 35.7 Å². The second-order valence-electron chi connectivity index (χ2n) is 9.62. The number of rotatable bonds is 5. The van der Waals surface area contributed by atoms with Crippen LogP contribution >= 0.6 is 11.6 Å². The fourth-order valence-electron chi connectivity index (χ4n) is 5.39. The number of likely N-dealkylation sites (tertiary alicyclic amines) is 1. The van der Waals surface area contributed by atoms with Gasteiger partial charge >= 0.3 is 6.09 Å². The fraction of sp³-hybridized carbons (Fsp3) is 0.423. The number of H-pyrrole nitrogens is 1. The first-order valence-electron chi connectivity index (χ1n) is 12.4. The SMILES string of the molecule is COC(=O)N1CCC(N2C(=O)c3nc(-c4cnc(OC)[nH]c4=O)n(C(C)C)c3C2c2ccc(Cl)cc2)CC1. The number of piperidine rings is 1. The predicted molar refractivity (Wildman–Crippen MR) is 139 cm³/mol. The van der Waals surface area contributed by atoms with Gasteiger partial charge in [-0.05, 0) is 44.4 Å². The third-order valence-electron chi connectivity index (χ3n) is 7.13. The molecule has 1 fully saturated rings. The Kier molecular flexibility index (Phi) is 6.87. The largest absolute Gasteiger partial charge is 0.468 e. The fourth-order valence-corrected chi connectivity index (χ4v) is 5.51. The van der Waals surface area contributed by atoms with Crippen LogP contribution in [0.5, 0.6) is 6.01 Å². The summed E-state index contributed by atoms with van der Waals surface area (Å²) in [6.45, 7) is 4.93. The maximum Gasteiger partial charge on any atom is 0.409 e. The van der Waals surface area contributed by atoms with Gasteiger partial charge in [-0.2, -0.15) is 0 Å². The molecule has 1 N–H and O–H groups in total. The number of imidazole rings is 1. The van der Waals surface area contributed by atoms with Crippen LogP contribution in [-0.2, 0) is 4.74 Å². The number of benzene rings is 1. The van der Waals surface area contributed by atoms with Crippen molar-refractivity contribution in [3.8, 4) is 17.4 Å². The van der Waals surface area contributed by atoms with Gasteiger partial charge < -0.3 is 23.8 Å². The summed E-state index contributed by atoms with van der Waals surface area (Å²) >= 11 is 6.20. The normalized spacial score (nSPS) is 17.7. The Balaban J connectivity index is 1.63. The van der Waals surface area contributed by atoms with Gasteiger partial charge in [0.05, 0.1) is 19.9 Å². The van der Waals surface area contributed by atoms with Gasteiger partial charge in [0.1, 0.15) is 17.4 Å². The van der Waals surface area contributed by atoms with Crippen molar-refractivity contribution in [1.29, 1.82) is 0 Å². The summed E-state index contributed by atoms with van der Waals surface area (Å²) in [5.74, 6) is 0.156. The molecule has 3 aromatic rings. The number of aromatic amines is 1. The average molecular weight is 541 g/mol. The highest BCUT2D eigenvalue weighted by atomic mass is 35.5. The lowest BCUT2D eigenvalue weighted by Crippen LogP contribution is -2.48. The van der Waals surface area contributed by atoms with Crippen LogP contribution in [0.25, 0.3) is 11.4 Å². The summed E-state index contributed by atoms with van der Waals surface area (Å²) in [5.41, 5.74) is 1.73. The van der Waals surface area contributed by atoms with Crippen molar-refractivity contribution in [3.63, 3.8) is 0 Å². The number of methoxy groups -OCH3 is 2. The average Bonchev–Trinajstić information content (AvgIpc) is 3.43. The van der Waals surface area contributed by atoms with E-state index in [4.69, 9.17) is 26.1 Å². The van der Waals surface area contributed by atoms with E-state index in [1.54, 1.807) is 17.0 Å². The number of fused-ring (bicyclic) bond motifs is 1. The number of ether oxygens (including phenoxy) is 2. The molecule has 12 heteroatoms. The van der Waals surface area contributed by atoms with Gasteiger partial charge in [-0.25, -0.2) is 14.8 Å². The molecule has 0 aliphatic carbocycles. The van der Waals surface area contributed by atoms with E-state index in [1.807, 2.05) is 35.4 Å². The number of carbonyl (C=O) groups excluding carboxylic acids is 2. The molecule has 1 atom stereocenters. The number of hydrogen-bond donors (Lipinski definition) is 1. The Bertz CT molecular complexity index is 1420. The quantitative estimate of drug-likeness (QED) is 0.524. The second kappa shape index (κ2) is 10.1. The second-order valence-corrected chi connectivity index (χ2v) is 10.1. The first-order valence-corrected chi connectivity index (χ1v) is 12.8. The first-order chi connectivity index (χ1) is 18.2. The number of halogens is 1. The van der Waals surface area contributed by atoms with Crippen LogP contribution in [0.3, 0.4) is 0 Å². The Morgan fingerprint density at radius 1 is 1.13 bits per heavy atom. The highest BCUT2D eigenvalue weighted by Gasteiger charge is 2.47. The van der Waals surface area contributed by atoms with Gasteiger partial charge in [0, 0.05) is 36.4 Å². The smallest absolute Gasteiger partial charge is 0.409 e. The van der Waals surface area contributed by atoms with Crippen molar-refractivity contribution in [2.75, 3.05) is 27.3 Å². The van der Waals surface area contributed by atoms with Crippen molar-refractivity contribution < 1.29 is 19.1 Å². The van der Waals surface area contributed by atoms with E-state index in [1.165, 1.54) is 20.4 Å². The highest BCUT2D eigenvalue weighted by Crippen LogP contribution is 2.44. The van der Waals surface area contributed by atoms with Crippen LogP contribution < -0.4 is 10.3 Å². The van der Waals surface area contributed by atoms with Gasteiger partial charge in [0.2, 0.25) is 0 Å². The van der Waals surface area contributed by atoms with Crippen LogP contribution in [0, 0.1) is 0 Å². The molecule has 11 nitrogen and oxygen atoms in total. The lowest BCUT2D eigenvalue weighted by Gasteiger charge is -2.39. The van der Waals surface area contributed by atoms with Crippen molar-refractivity contribution in [3.05, 3.63) is 62.8 Å². The van der Waals surface area contributed by atoms with Gasteiger partial charge in [0.15, 0.2) is 5.69 Å². The summed E-state index contributed by atoms with van der Waals surface area (Å²) in [5, 5.41) is 0.588. The number of hydrogen-bond acceptors (Lipinski definition) is 7. The number of nitrogens with zero attached hydrogens (tertiary/aromatic N) is 5. The molecule has 0 spiro atoms. The lowest BCUT2D eigenvalue weighted by atomic mass is 9.98. The summed E-state index contributed by atoms with van der Waals surface area (Å²) in [6, 6.07) is 6.82. The van der Waals surface area contributed by atoms with E-state index in [0.29, 0.717) is 48.2 Å². The summed E-state index contributed by atoms with van der Waals surface area (Å²) in [7, 11) is 2.78. The van der Waals surface area contributed by atoms with Crippen LogP contribution in [0.2, 0.25) is 5.02 Å². The molecule has 5 rings (SSSR count). The summed E-state index contributed by atoms with van der Waals surface area (Å²) < 4.78 is 11.9. The van der Waals surface area contributed by atoms with Crippen molar-refractivity contribution in [2.24, 2.45) is 0 Å². The standard InChI is InChI=1S/C26H29ClN6O5/c1-14(2)32-21-19(29-22(32)18-13-28-25(37-3)30-23(18)34)24(35)33(20(21)15-5-7-16(27)8-6-15)17-9-11-31(12-10-17)26(36)38-4/h5-8,13-14,17,20H,9-12H2,1-4H3,(H,28,30,34). The van der Waals surface area contributed by atoms with Gasteiger partial charge in [-0.15, -0.1) is 0 Å². The Labute approximate surface area is 224 Å². The van der Waals surface area contributed by atoms with Gasteiger partial charge in [0.25, 0.3) is 17.5 Å². The predicted octanol–water partition coefficient (Wildman–Crippen LogP) is 3.65. The topological polar surface area (TPSA) is 123 Å². The summed E-state index contributed by atoms with van der Waals surface area (Å²) in [4.78, 5) is 54.0. The molecule has 200 valence electrons. The molecule has 4 heterocycles. The number of carbonyl (C=O) groups is 2. The van der Waals surface area contributed by atoms with E-state index in [9.17, 15) is 14.4 Å². The number of nitrogens with one attached hydrogen (secondary N) is 1. The molecule has 1 aromatic carbocycles. The molecule has 38 heavy (non-hydrogen) atoms. The molecule has 1 saturated heterocycles. The zero-order valence-electron chi connectivity index (χ0n) is 21.6.